The number of nitrogens with one attached hydrogen (secondary N) is 1. The highest BCUT2D eigenvalue weighted by Crippen LogP contribution is 2.30. The highest BCUT2D eigenvalue weighted by atomic mass is 19.4. The monoisotopic (exact) mass is 342 g/mol. The van der Waals surface area contributed by atoms with Crippen LogP contribution >= 0.6 is 0 Å². The third kappa shape index (κ3) is 4.51. The van der Waals surface area contributed by atoms with E-state index in [-0.39, 0.29) is 5.69 Å². The normalized spacial score (nSPS) is 10.9. The van der Waals surface area contributed by atoms with Crippen molar-refractivity contribution in [3.05, 3.63) is 42.2 Å². The molecule has 0 atom stereocenters. The van der Waals surface area contributed by atoms with Gasteiger partial charge in [0.25, 0.3) is 5.91 Å². The number of hydrogen-bond donors (Lipinski definition) is 1. The number of nitrogens with zero attached hydrogens (tertiary/aromatic N) is 1. The molecule has 0 saturated heterocycles. The van der Waals surface area contributed by atoms with E-state index in [4.69, 9.17) is 9.47 Å². The van der Waals surface area contributed by atoms with Crippen molar-refractivity contribution in [1.29, 1.82) is 0 Å². The van der Waals surface area contributed by atoms with E-state index >= 15 is 0 Å². The van der Waals surface area contributed by atoms with E-state index in [0.717, 1.165) is 18.3 Å². The molecule has 1 aromatic carbocycles. The predicted octanol–water partition coefficient (Wildman–Crippen LogP) is 3.25. The van der Waals surface area contributed by atoms with Crippen molar-refractivity contribution < 1.29 is 32.2 Å². The molecule has 1 amide bonds. The first-order chi connectivity index (χ1) is 11.3. The molecule has 128 valence electrons. The fourth-order valence-corrected chi connectivity index (χ4v) is 1.82. The number of alkyl halides is 3. The third-order valence-electron chi connectivity index (χ3n) is 2.84. The van der Waals surface area contributed by atoms with Crippen molar-refractivity contribution in [2.75, 3.05) is 19.5 Å². The average molecular weight is 342 g/mol. The fraction of sp³-hybridized carbons (Fsp3) is 0.200. The van der Waals surface area contributed by atoms with Gasteiger partial charge in [-0.2, -0.15) is 0 Å². The second-order valence-corrected chi connectivity index (χ2v) is 4.45. The molecule has 2 rings (SSSR count). The first kappa shape index (κ1) is 17.4. The summed E-state index contributed by atoms with van der Waals surface area (Å²) in [6, 6.07) is 6.85. The van der Waals surface area contributed by atoms with Crippen molar-refractivity contribution in [2.24, 2.45) is 0 Å². The van der Waals surface area contributed by atoms with Crippen molar-refractivity contribution in [3.8, 4) is 17.2 Å². The van der Waals surface area contributed by atoms with Gasteiger partial charge in [-0.05, 0) is 24.3 Å². The molecule has 6 nitrogen and oxygen atoms in total. The maximum atomic E-state index is 12.1. The molecule has 0 saturated carbocycles. The van der Waals surface area contributed by atoms with Gasteiger partial charge in [0.05, 0.1) is 20.4 Å². The average Bonchev–Trinajstić information content (AvgIpc) is 2.53. The zero-order valence-electron chi connectivity index (χ0n) is 12.7. The van der Waals surface area contributed by atoms with Crippen LogP contribution in [0.3, 0.4) is 0 Å². The second-order valence-electron chi connectivity index (χ2n) is 4.45. The van der Waals surface area contributed by atoms with E-state index < -0.39 is 18.0 Å². The van der Waals surface area contributed by atoms with Crippen LogP contribution in [0.25, 0.3) is 0 Å². The summed E-state index contributed by atoms with van der Waals surface area (Å²) in [6.45, 7) is 0. The van der Waals surface area contributed by atoms with Gasteiger partial charge in [0.15, 0.2) is 11.5 Å². The Morgan fingerprint density at radius 1 is 1.08 bits per heavy atom. The molecule has 0 aliphatic rings. The van der Waals surface area contributed by atoms with Crippen LogP contribution in [0.5, 0.6) is 17.2 Å². The van der Waals surface area contributed by atoms with Gasteiger partial charge in [-0.3, -0.25) is 4.79 Å². The lowest BCUT2D eigenvalue weighted by molar-refractivity contribution is -0.274. The molecule has 0 spiro atoms. The summed E-state index contributed by atoms with van der Waals surface area (Å²) < 4.78 is 50.1. The van der Waals surface area contributed by atoms with E-state index in [9.17, 15) is 18.0 Å². The Hall–Kier alpha value is -2.97. The first-order valence-electron chi connectivity index (χ1n) is 6.57. The molecule has 2 aromatic rings. The van der Waals surface area contributed by atoms with E-state index in [0.29, 0.717) is 17.2 Å². The van der Waals surface area contributed by atoms with Gasteiger partial charge in [0.2, 0.25) is 0 Å². The summed E-state index contributed by atoms with van der Waals surface area (Å²) >= 11 is 0. The smallest absolute Gasteiger partial charge is 0.493 e. The van der Waals surface area contributed by atoms with E-state index in [1.807, 2.05) is 0 Å². The first-order valence-corrected chi connectivity index (χ1v) is 6.57. The van der Waals surface area contributed by atoms with Gasteiger partial charge < -0.3 is 19.5 Å². The lowest BCUT2D eigenvalue weighted by atomic mass is 10.2. The van der Waals surface area contributed by atoms with Crippen LogP contribution in [0.1, 0.15) is 10.5 Å². The van der Waals surface area contributed by atoms with Gasteiger partial charge >= 0.3 is 6.36 Å². The number of carbonyl (C=O) groups excluding carboxylic acids is 1. The largest absolute Gasteiger partial charge is 0.573 e. The van der Waals surface area contributed by atoms with Crippen LogP contribution in [0.15, 0.2) is 36.5 Å². The third-order valence-corrected chi connectivity index (χ3v) is 2.84. The highest BCUT2D eigenvalue weighted by molar-refractivity contribution is 6.03. The molecule has 9 heteroatoms. The predicted molar refractivity (Wildman–Crippen MR) is 78.4 cm³/mol. The van der Waals surface area contributed by atoms with Crippen LogP contribution < -0.4 is 19.5 Å². The molecule has 0 bridgehead atoms. The molecule has 0 unspecified atom stereocenters. The molecule has 0 fully saturated rings. The van der Waals surface area contributed by atoms with E-state index in [1.165, 1.54) is 20.3 Å². The molecular formula is C15H13F3N2O4. The Bertz CT molecular complexity index is 718. The Morgan fingerprint density at radius 3 is 2.33 bits per heavy atom. The zero-order chi connectivity index (χ0) is 17.7. The quantitative estimate of drug-likeness (QED) is 0.903. The number of halogens is 3. The number of pyridine rings is 1. The van der Waals surface area contributed by atoms with Crippen LogP contribution in [0.2, 0.25) is 0 Å². The summed E-state index contributed by atoms with van der Waals surface area (Å²) in [5.74, 6) is -0.203. The summed E-state index contributed by atoms with van der Waals surface area (Å²) in [6.07, 6.45) is -4.00. The summed E-state index contributed by atoms with van der Waals surface area (Å²) in [5, 5.41) is 2.55. The van der Waals surface area contributed by atoms with Crippen molar-refractivity contribution in [3.63, 3.8) is 0 Å². The Kier molecular flexibility index (Phi) is 5.12. The number of rotatable bonds is 5. The Morgan fingerprint density at radius 2 is 1.79 bits per heavy atom. The van der Waals surface area contributed by atoms with Crippen molar-refractivity contribution >= 4 is 11.6 Å². The molecule has 0 aliphatic carbocycles. The van der Waals surface area contributed by atoms with Crippen molar-refractivity contribution in [2.45, 2.75) is 6.36 Å². The lowest BCUT2D eigenvalue weighted by Gasteiger charge is -2.11. The van der Waals surface area contributed by atoms with Crippen molar-refractivity contribution in [1.82, 2.24) is 4.98 Å². The highest BCUT2D eigenvalue weighted by Gasteiger charge is 2.31. The van der Waals surface area contributed by atoms with Crippen LogP contribution in [-0.2, 0) is 0 Å². The Balaban J connectivity index is 2.09. The maximum Gasteiger partial charge on any atom is 0.573 e. The minimum Gasteiger partial charge on any atom is -0.493 e. The van der Waals surface area contributed by atoms with Gasteiger partial charge in [-0.25, -0.2) is 4.98 Å². The minimum absolute atomic E-state index is 0.0701. The van der Waals surface area contributed by atoms with Gasteiger partial charge in [0.1, 0.15) is 11.4 Å². The number of carbonyl (C=O) groups is 1. The van der Waals surface area contributed by atoms with E-state index in [1.54, 1.807) is 12.1 Å². The molecule has 0 radical (unpaired) electrons. The fourth-order valence-electron chi connectivity index (χ4n) is 1.82. The topological polar surface area (TPSA) is 69.7 Å². The van der Waals surface area contributed by atoms with Crippen LogP contribution in [0.4, 0.5) is 18.9 Å². The summed E-state index contributed by atoms with van der Waals surface area (Å²) in [4.78, 5) is 15.7. The lowest BCUT2D eigenvalue weighted by Crippen LogP contribution is -2.18. The summed E-state index contributed by atoms with van der Waals surface area (Å²) in [5.41, 5.74) is 0.342. The molecule has 1 heterocycles. The number of hydrogen-bond acceptors (Lipinski definition) is 5. The second kappa shape index (κ2) is 7.07. The Labute approximate surface area is 135 Å². The minimum atomic E-state index is -4.81. The standard InChI is InChI=1S/C15H13F3N2O4/c1-22-12-6-3-9(7-13(12)23-2)20-14(21)11-5-4-10(8-19-11)24-15(16,17)18/h3-8H,1-2H3,(H,20,21). The van der Waals surface area contributed by atoms with Gasteiger partial charge in [-0.15, -0.1) is 13.2 Å². The van der Waals surface area contributed by atoms with Crippen LogP contribution in [0, 0.1) is 0 Å². The molecule has 24 heavy (non-hydrogen) atoms. The van der Waals surface area contributed by atoms with Gasteiger partial charge in [0, 0.05) is 11.8 Å². The number of ether oxygens (including phenoxy) is 3. The molecule has 0 aliphatic heterocycles. The molecular weight excluding hydrogens is 329 g/mol. The van der Waals surface area contributed by atoms with Gasteiger partial charge in [-0.1, -0.05) is 0 Å². The molecule has 1 N–H and O–H groups in total. The maximum absolute atomic E-state index is 12.1. The number of aromatic nitrogens is 1. The number of anilines is 1. The van der Waals surface area contributed by atoms with E-state index in [2.05, 4.69) is 15.0 Å². The number of methoxy groups -OCH3 is 2. The zero-order valence-corrected chi connectivity index (χ0v) is 12.7. The SMILES string of the molecule is COc1ccc(NC(=O)c2ccc(OC(F)(F)F)cn2)cc1OC. The number of amides is 1. The molecule has 1 aromatic heterocycles. The number of benzene rings is 1. The van der Waals surface area contributed by atoms with Crippen LogP contribution in [-0.4, -0.2) is 31.5 Å². The summed E-state index contributed by atoms with van der Waals surface area (Å²) in [7, 11) is 2.93.